The molecule has 0 saturated carbocycles. The summed E-state index contributed by atoms with van der Waals surface area (Å²) in [4.78, 5) is 12.7. The molecular formula is C21H26F3N5O4. The van der Waals surface area contributed by atoms with E-state index in [1.807, 2.05) is 0 Å². The minimum absolute atomic E-state index is 0.146. The number of rotatable bonds is 7. The quantitative estimate of drug-likeness (QED) is 0.591. The van der Waals surface area contributed by atoms with Crippen molar-refractivity contribution in [1.29, 1.82) is 0 Å². The predicted molar refractivity (Wildman–Crippen MR) is 113 cm³/mol. The Hall–Kier alpha value is -2.99. The Morgan fingerprint density at radius 2 is 1.94 bits per heavy atom. The molecule has 2 aliphatic heterocycles. The smallest absolute Gasteiger partial charge is 0.508 e. The summed E-state index contributed by atoms with van der Waals surface area (Å²) >= 11 is 0. The van der Waals surface area contributed by atoms with Crippen LogP contribution in [0.25, 0.3) is 0 Å². The first-order chi connectivity index (χ1) is 15.8. The maximum atomic E-state index is 12.8. The third-order valence-electron chi connectivity index (χ3n) is 5.54. The van der Waals surface area contributed by atoms with Crippen LogP contribution in [0.5, 0.6) is 17.5 Å². The van der Waals surface area contributed by atoms with Crippen molar-refractivity contribution in [1.82, 2.24) is 14.9 Å². The Kier molecular flexibility index (Phi) is 6.94. The van der Waals surface area contributed by atoms with Gasteiger partial charge in [0.15, 0.2) is 5.75 Å². The summed E-state index contributed by atoms with van der Waals surface area (Å²) in [7, 11) is 0. The summed E-state index contributed by atoms with van der Waals surface area (Å²) < 4.78 is 53.7. The highest BCUT2D eigenvalue weighted by atomic mass is 19.4. The average Bonchev–Trinajstić information content (AvgIpc) is 2.76. The van der Waals surface area contributed by atoms with Gasteiger partial charge in [0.25, 0.3) is 0 Å². The molecule has 2 aliphatic rings. The molecule has 33 heavy (non-hydrogen) atoms. The number of nitrogens with two attached hydrogens (primary N) is 1. The Bertz CT molecular complexity index is 970. The molecule has 0 spiro atoms. The summed E-state index contributed by atoms with van der Waals surface area (Å²) in [6, 6.07) is 3.78. The number of aromatic hydroxyl groups is 1. The van der Waals surface area contributed by atoms with Crippen LogP contribution in [-0.2, 0) is 17.7 Å². The van der Waals surface area contributed by atoms with Gasteiger partial charge in [-0.25, -0.2) is 0 Å². The lowest BCUT2D eigenvalue weighted by molar-refractivity contribution is -0.274. The first kappa shape index (κ1) is 23.2. The second kappa shape index (κ2) is 9.87. The lowest BCUT2D eigenvalue weighted by Gasteiger charge is -2.31. The van der Waals surface area contributed by atoms with Crippen LogP contribution in [0.3, 0.4) is 0 Å². The molecule has 1 fully saturated rings. The van der Waals surface area contributed by atoms with Crippen LogP contribution in [0, 0.1) is 0 Å². The Labute approximate surface area is 188 Å². The Morgan fingerprint density at radius 3 is 2.70 bits per heavy atom. The fourth-order valence-electron chi connectivity index (χ4n) is 3.95. The van der Waals surface area contributed by atoms with Crippen LogP contribution >= 0.6 is 0 Å². The highest BCUT2D eigenvalue weighted by molar-refractivity contribution is 5.62. The number of anilines is 2. The SMILES string of the molecule is Nc1nc(OCCCN2CCOCC2)nc2c1CCN(c1ccc(O)cc1OC(F)(F)F)C2. The van der Waals surface area contributed by atoms with Crippen molar-refractivity contribution in [2.45, 2.75) is 25.7 Å². The zero-order valence-corrected chi connectivity index (χ0v) is 18.0. The second-order valence-corrected chi connectivity index (χ2v) is 7.84. The number of ether oxygens (including phenoxy) is 3. The highest BCUT2D eigenvalue weighted by Crippen LogP contribution is 2.38. The first-order valence-electron chi connectivity index (χ1n) is 10.7. The van der Waals surface area contributed by atoms with E-state index in [0.717, 1.165) is 50.9 Å². The number of phenolic OH excluding ortho intramolecular Hbond substituents is 1. The fraction of sp³-hybridized carbons (Fsp3) is 0.524. The number of hydrogen-bond donors (Lipinski definition) is 2. The summed E-state index contributed by atoms with van der Waals surface area (Å²) in [6.45, 7) is 5.15. The molecule has 0 aliphatic carbocycles. The van der Waals surface area contributed by atoms with Gasteiger partial charge in [0, 0.05) is 37.8 Å². The lowest BCUT2D eigenvalue weighted by atomic mass is 10.0. The number of phenols is 1. The molecule has 1 saturated heterocycles. The van der Waals surface area contributed by atoms with Crippen LogP contribution in [0.2, 0.25) is 0 Å². The molecular weight excluding hydrogens is 443 g/mol. The second-order valence-electron chi connectivity index (χ2n) is 7.84. The van der Waals surface area contributed by atoms with E-state index in [2.05, 4.69) is 19.6 Å². The van der Waals surface area contributed by atoms with Crippen molar-refractivity contribution >= 4 is 11.5 Å². The van der Waals surface area contributed by atoms with Crippen molar-refractivity contribution in [2.24, 2.45) is 0 Å². The van der Waals surface area contributed by atoms with E-state index in [9.17, 15) is 18.3 Å². The molecule has 3 N–H and O–H groups in total. The van der Waals surface area contributed by atoms with Crippen LogP contribution < -0.4 is 20.1 Å². The van der Waals surface area contributed by atoms with E-state index in [1.165, 1.54) is 12.1 Å². The number of aromatic nitrogens is 2. The number of nitrogen functional groups attached to an aromatic ring is 1. The van der Waals surface area contributed by atoms with Crippen molar-refractivity contribution in [3.05, 3.63) is 29.5 Å². The molecule has 180 valence electrons. The number of alkyl halides is 3. The van der Waals surface area contributed by atoms with Crippen molar-refractivity contribution in [2.75, 3.05) is 56.6 Å². The zero-order chi connectivity index (χ0) is 23.4. The van der Waals surface area contributed by atoms with E-state index in [-0.39, 0.29) is 24.0 Å². The van der Waals surface area contributed by atoms with E-state index in [0.29, 0.717) is 31.1 Å². The van der Waals surface area contributed by atoms with Crippen LogP contribution in [0.4, 0.5) is 24.7 Å². The Morgan fingerprint density at radius 1 is 1.15 bits per heavy atom. The van der Waals surface area contributed by atoms with Gasteiger partial charge in [-0.3, -0.25) is 4.90 Å². The third kappa shape index (κ3) is 6.08. The van der Waals surface area contributed by atoms with Gasteiger partial charge in [-0.2, -0.15) is 9.97 Å². The minimum Gasteiger partial charge on any atom is -0.508 e. The molecule has 1 aromatic heterocycles. The largest absolute Gasteiger partial charge is 0.573 e. The Balaban J connectivity index is 1.43. The number of nitrogens with zero attached hydrogens (tertiary/aromatic N) is 4. The van der Waals surface area contributed by atoms with Gasteiger partial charge in [-0.15, -0.1) is 13.2 Å². The monoisotopic (exact) mass is 469 g/mol. The van der Waals surface area contributed by atoms with Gasteiger partial charge in [0.2, 0.25) is 0 Å². The summed E-state index contributed by atoms with van der Waals surface area (Å²) in [5.74, 6) is -0.498. The molecule has 0 atom stereocenters. The van der Waals surface area contributed by atoms with Crippen molar-refractivity contribution in [3.8, 4) is 17.5 Å². The van der Waals surface area contributed by atoms with Gasteiger partial charge in [-0.05, 0) is 25.0 Å². The molecule has 12 heteroatoms. The lowest BCUT2D eigenvalue weighted by Crippen LogP contribution is -2.37. The molecule has 0 radical (unpaired) electrons. The molecule has 9 nitrogen and oxygen atoms in total. The molecule has 4 rings (SSSR count). The highest BCUT2D eigenvalue weighted by Gasteiger charge is 2.34. The number of morpholine rings is 1. The third-order valence-corrected chi connectivity index (χ3v) is 5.54. The van der Waals surface area contributed by atoms with Crippen molar-refractivity contribution < 1.29 is 32.5 Å². The number of hydrogen-bond acceptors (Lipinski definition) is 9. The molecule has 0 unspecified atom stereocenters. The van der Waals surface area contributed by atoms with Crippen LogP contribution in [0.1, 0.15) is 17.7 Å². The number of fused-ring (bicyclic) bond motifs is 1. The number of benzene rings is 1. The van der Waals surface area contributed by atoms with Gasteiger partial charge in [-0.1, -0.05) is 0 Å². The molecule has 0 amide bonds. The predicted octanol–water partition coefficient (Wildman–Crippen LogP) is 2.33. The van der Waals surface area contributed by atoms with Gasteiger partial charge < -0.3 is 30.0 Å². The van der Waals surface area contributed by atoms with Crippen LogP contribution in [-0.4, -0.2) is 72.3 Å². The van der Waals surface area contributed by atoms with Crippen molar-refractivity contribution in [3.63, 3.8) is 0 Å². The molecule has 0 bridgehead atoms. The standard InChI is InChI=1S/C21H26F3N5O4/c22-21(23,24)33-18-12-14(30)2-3-17(18)29-6-4-15-16(13-29)26-20(27-19(15)25)32-9-1-5-28-7-10-31-11-8-28/h2-3,12,30H,1,4-11,13H2,(H2,25,26,27). The zero-order valence-electron chi connectivity index (χ0n) is 18.0. The average molecular weight is 469 g/mol. The summed E-state index contributed by atoms with van der Waals surface area (Å²) in [5.41, 5.74) is 7.64. The number of halogens is 3. The summed E-state index contributed by atoms with van der Waals surface area (Å²) in [6.07, 6.45) is -3.64. The molecule has 3 heterocycles. The van der Waals surface area contributed by atoms with E-state index in [4.69, 9.17) is 15.2 Å². The summed E-state index contributed by atoms with van der Waals surface area (Å²) in [5, 5.41) is 9.62. The fourth-order valence-corrected chi connectivity index (χ4v) is 3.95. The van der Waals surface area contributed by atoms with Gasteiger partial charge in [0.1, 0.15) is 11.6 Å². The van der Waals surface area contributed by atoms with E-state index >= 15 is 0 Å². The molecule has 2 aromatic rings. The van der Waals surface area contributed by atoms with E-state index in [1.54, 1.807) is 4.90 Å². The maximum Gasteiger partial charge on any atom is 0.573 e. The topological polar surface area (TPSA) is 106 Å². The van der Waals surface area contributed by atoms with E-state index < -0.39 is 12.1 Å². The minimum atomic E-state index is -4.88. The van der Waals surface area contributed by atoms with Gasteiger partial charge in [0.05, 0.1) is 37.7 Å². The normalized spacial score (nSPS) is 17.0. The van der Waals surface area contributed by atoms with Gasteiger partial charge >= 0.3 is 12.4 Å². The first-order valence-corrected chi connectivity index (χ1v) is 10.7. The molecule has 1 aromatic carbocycles. The maximum absolute atomic E-state index is 12.8. The van der Waals surface area contributed by atoms with Crippen LogP contribution in [0.15, 0.2) is 18.2 Å².